The Morgan fingerprint density at radius 2 is 2.00 bits per heavy atom. The van der Waals surface area contributed by atoms with Crippen LogP contribution in [0.15, 0.2) is 10.5 Å². The first-order valence-corrected chi connectivity index (χ1v) is 8.14. The molecule has 1 N–H and O–H groups in total. The van der Waals surface area contributed by atoms with Gasteiger partial charge < -0.3 is 19.5 Å². The van der Waals surface area contributed by atoms with Crippen LogP contribution in [0.1, 0.15) is 35.3 Å². The molecule has 0 spiro atoms. The number of carbonyl (C=O) groups is 1. The Hall–Kier alpha value is -1.11. The third-order valence-electron chi connectivity index (χ3n) is 3.46. The quantitative estimate of drug-likeness (QED) is 0.711. The number of halogens is 1. The number of nitrogens with zero attached hydrogens (tertiary/aromatic N) is 1. The number of methoxy groups -OCH3 is 1. The molecule has 0 saturated heterocycles. The molecule has 0 aliphatic carbocycles. The third kappa shape index (κ3) is 4.21. The highest BCUT2D eigenvalue weighted by atomic mass is 79.9. The van der Waals surface area contributed by atoms with Gasteiger partial charge in [0, 0.05) is 26.8 Å². The number of benzene rings is 1. The molecule has 22 heavy (non-hydrogen) atoms. The van der Waals surface area contributed by atoms with Gasteiger partial charge in [0.2, 0.25) is 0 Å². The Morgan fingerprint density at radius 3 is 2.50 bits per heavy atom. The monoisotopic (exact) mass is 373 g/mol. The molecule has 0 atom stereocenters. The van der Waals surface area contributed by atoms with Crippen molar-refractivity contribution in [2.75, 3.05) is 33.6 Å². The summed E-state index contributed by atoms with van der Waals surface area (Å²) in [5, 5.41) is 9.18. The Labute approximate surface area is 140 Å². The summed E-state index contributed by atoms with van der Waals surface area (Å²) in [5.41, 5.74) is 2.27. The first-order valence-electron chi connectivity index (χ1n) is 7.35. The molecular weight excluding hydrogens is 350 g/mol. The number of rotatable bonds is 8. The number of aliphatic hydroxyl groups is 1. The number of ether oxygens (including phenoxy) is 2. The number of carbonyl (C=O) groups excluding carboxylic acids is 1. The van der Waals surface area contributed by atoms with E-state index in [1.165, 1.54) is 7.11 Å². The summed E-state index contributed by atoms with van der Waals surface area (Å²) in [4.78, 5) is 14.5. The number of hydrogen-bond acceptors (Lipinski definition) is 4. The molecule has 1 aromatic carbocycles. The minimum atomic E-state index is -0.0650. The summed E-state index contributed by atoms with van der Waals surface area (Å²) >= 11 is 3.50. The first-order chi connectivity index (χ1) is 10.5. The number of aryl methyl sites for hydroxylation is 1. The number of hydrogen-bond donors (Lipinski definition) is 1. The minimum absolute atomic E-state index is 0.0328. The second-order valence-electron chi connectivity index (χ2n) is 4.87. The molecule has 124 valence electrons. The molecular formula is C16H24BrNO4. The predicted octanol–water partition coefficient (Wildman–Crippen LogP) is 2.76. The van der Waals surface area contributed by atoms with Crippen molar-refractivity contribution in [2.45, 2.75) is 27.2 Å². The van der Waals surface area contributed by atoms with Gasteiger partial charge >= 0.3 is 0 Å². The van der Waals surface area contributed by atoms with E-state index in [4.69, 9.17) is 9.47 Å². The molecule has 0 aromatic heterocycles. The second-order valence-corrected chi connectivity index (χ2v) is 5.67. The maximum Gasteiger partial charge on any atom is 0.257 e. The van der Waals surface area contributed by atoms with Crippen LogP contribution in [-0.4, -0.2) is 49.5 Å². The van der Waals surface area contributed by atoms with Crippen LogP contribution >= 0.6 is 15.9 Å². The van der Waals surface area contributed by atoms with Crippen molar-refractivity contribution in [1.82, 2.24) is 4.90 Å². The van der Waals surface area contributed by atoms with Gasteiger partial charge in [0.25, 0.3) is 5.91 Å². The van der Waals surface area contributed by atoms with Crippen molar-refractivity contribution in [1.29, 1.82) is 0 Å². The topological polar surface area (TPSA) is 59.0 Å². The van der Waals surface area contributed by atoms with Gasteiger partial charge in [-0.1, -0.05) is 6.07 Å². The summed E-state index contributed by atoms with van der Waals surface area (Å²) in [6.45, 7) is 7.13. The van der Waals surface area contributed by atoms with Crippen molar-refractivity contribution in [3.8, 4) is 5.75 Å². The Bertz CT molecular complexity index is 515. The molecule has 0 bridgehead atoms. The third-order valence-corrected chi connectivity index (χ3v) is 4.33. The maximum atomic E-state index is 12.8. The molecule has 1 rings (SSSR count). The van der Waals surface area contributed by atoms with Crippen LogP contribution in [0.2, 0.25) is 0 Å². The fourth-order valence-corrected chi connectivity index (χ4v) is 2.95. The summed E-state index contributed by atoms with van der Waals surface area (Å²) < 4.78 is 11.3. The van der Waals surface area contributed by atoms with E-state index in [-0.39, 0.29) is 19.3 Å². The highest BCUT2D eigenvalue weighted by Crippen LogP contribution is 2.36. The summed E-state index contributed by atoms with van der Waals surface area (Å²) in [6.07, 6.45) is 0.491. The number of amides is 1. The molecule has 0 heterocycles. The predicted molar refractivity (Wildman–Crippen MR) is 89.4 cm³/mol. The standard InChI is InChI=1S/C16H24BrNO4/c1-5-18(6-2)16(20)13-11(3)9-12(7-8-19)14(17)15(13)22-10-21-4/h9,19H,5-8,10H2,1-4H3. The molecule has 0 radical (unpaired) electrons. The smallest absolute Gasteiger partial charge is 0.257 e. The maximum absolute atomic E-state index is 12.8. The lowest BCUT2D eigenvalue weighted by Crippen LogP contribution is -2.31. The zero-order chi connectivity index (χ0) is 16.7. The lowest BCUT2D eigenvalue weighted by Gasteiger charge is -2.23. The molecule has 1 aromatic rings. The van der Waals surface area contributed by atoms with Gasteiger partial charge in [0.05, 0.1) is 10.0 Å². The van der Waals surface area contributed by atoms with Gasteiger partial charge in [-0.15, -0.1) is 0 Å². The lowest BCUT2D eigenvalue weighted by atomic mass is 10.0. The van der Waals surface area contributed by atoms with Gasteiger partial charge in [-0.2, -0.15) is 0 Å². The second kappa shape index (κ2) is 9.12. The van der Waals surface area contributed by atoms with Gasteiger partial charge in [-0.3, -0.25) is 4.79 Å². The van der Waals surface area contributed by atoms with Crippen LogP contribution in [0.25, 0.3) is 0 Å². The van der Waals surface area contributed by atoms with Crippen LogP contribution in [0.4, 0.5) is 0 Å². The molecule has 5 nitrogen and oxygen atoms in total. The molecule has 1 amide bonds. The average molecular weight is 374 g/mol. The minimum Gasteiger partial charge on any atom is -0.466 e. The van der Waals surface area contributed by atoms with E-state index in [9.17, 15) is 9.90 Å². The largest absolute Gasteiger partial charge is 0.466 e. The highest BCUT2D eigenvalue weighted by Gasteiger charge is 2.24. The van der Waals surface area contributed by atoms with Crippen molar-refractivity contribution in [3.63, 3.8) is 0 Å². The fraction of sp³-hybridized carbons (Fsp3) is 0.562. The molecule has 0 saturated carbocycles. The van der Waals surface area contributed by atoms with Gasteiger partial charge in [0.1, 0.15) is 5.75 Å². The fourth-order valence-electron chi connectivity index (χ4n) is 2.32. The van der Waals surface area contributed by atoms with Crippen LogP contribution in [-0.2, 0) is 11.2 Å². The van der Waals surface area contributed by atoms with E-state index >= 15 is 0 Å². The van der Waals surface area contributed by atoms with Crippen LogP contribution in [0.3, 0.4) is 0 Å². The highest BCUT2D eigenvalue weighted by molar-refractivity contribution is 9.10. The zero-order valence-electron chi connectivity index (χ0n) is 13.6. The van der Waals surface area contributed by atoms with E-state index in [2.05, 4.69) is 15.9 Å². The van der Waals surface area contributed by atoms with Gasteiger partial charge in [-0.05, 0) is 54.2 Å². The van der Waals surface area contributed by atoms with Crippen molar-refractivity contribution >= 4 is 21.8 Å². The van der Waals surface area contributed by atoms with E-state index in [1.54, 1.807) is 4.90 Å². The lowest BCUT2D eigenvalue weighted by molar-refractivity contribution is 0.0485. The summed E-state index contributed by atoms with van der Waals surface area (Å²) in [6, 6.07) is 1.91. The molecule has 0 aliphatic rings. The summed E-state index contributed by atoms with van der Waals surface area (Å²) in [7, 11) is 1.53. The van der Waals surface area contributed by atoms with Gasteiger partial charge in [-0.25, -0.2) is 0 Å². The van der Waals surface area contributed by atoms with Crippen molar-refractivity contribution in [3.05, 3.63) is 27.2 Å². The molecule has 0 unspecified atom stereocenters. The zero-order valence-corrected chi connectivity index (χ0v) is 15.2. The van der Waals surface area contributed by atoms with Gasteiger partial charge in [0.15, 0.2) is 6.79 Å². The van der Waals surface area contributed by atoms with Crippen LogP contribution < -0.4 is 4.74 Å². The van der Waals surface area contributed by atoms with Crippen LogP contribution in [0.5, 0.6) is 5.75 Å². The Morgan fingerprint density at radius 1 is 1.36 bits per heavy atom. The van der Waals surface area contributed by atoms with E-state index in [0.717, 1.165) is 11.1 Å². The first kappa shape index (κ1) is 18.9. The number of aliphatic hydroxyl groups excluding tert-OH is 1. The van der Waals surface area contributed by atoms with E-state index in [0.29, 0.717) is 35.3 Å². The molecule has 0 fully saturated rings. The van der Waals surface area contributed by atoms with E-state index in [1.807, 2.05) is 26.8 Å². The Kier molecular flexibility index (Phi) is 7.85. The summed E-state index contributed by atoms with van der Waals surface area (Å²) in [5.74, 6) is 0.409. The molecule has 0 aliphatic heterocycles. The molecule has 6 heteroatoms. The average Bonchev–Trinajstić information content (AvgIpc) is 2.50. The van der Waals surface area contributed by atoms with Crippen molar-refractivity contribution < 1.29 is 19.4 Å². The SMILES string of the molecule is CCN(CC)C(=O)c1c(C)cc(CCO)c(Br)c1OCOC. The van der Waals surface area contributed by atoms with Crippen molar-refractivity contribution in [2.24, 2.45) is 0 Å². The Balaban J connectivity index is 3.40. The van der Waals surface area contributed by atoms with Crippen LogP contribution in [0, 0.1) is 6.92 Å². The van der Waals surface area contributed by atoms with E-state index < -0.39 is 0 Å². The normalized spacial score (nSPS) is 10.6.